The summed E-state index contributed by atoms with van der Waals surface area (Å²) in [6, 6.07) is 3.35. The molecule has 1 spiro atoms. The maximum absolute atomic E-state index is 12.3. The number of carbonyl (C=O) groups is 1. The Morgan fingerprint density at radius 1 is 1.26 bits per heavy atom. The van der Waals surface area contributed by atoms with Crippen LogP contribution in [-0.4, -0.2) is 31.7 Å². The van der Waals surface area contributed by atoms with Crippen molar-refractivity contribution in [3.05, 3.63) is 39.6 Å². The highest BCUT2D eigenvalue weighted by Crippen LogP contribution is 2.60. The van der Waals surface area contributed by atoms with E-state index in [1.54, 1.807) is 0 Å². The molecule has 2 heterocycles. The molecule has 7 nitrogen and oxygen atoms in total. The smallest absolute Gasteiger partial charge is 0.274 e. The molecule has 0 saturated heterocycles. The van der Waals surface area contributed by atoms with Gasteiger partial charge in [-0.05, 0) is 51.0 Å². The zero-order chi connectivity index (χ0) is 16.2. The van der Waals surface area contributed by atoms with E-state index in [1.165, 1.54) is 23.6 Å². The van der Waals surface area contributed by atoms with Crippen molar-refractivity contribution in [3.8, 4) is 5.95 Å². The maximum atomic E-state index is 12.3. The monoisotopic (exact) mass is 313 g/mol. The molecule has 2 fully saturated rings. The number of hydrogen-bond donors (Lipinski definition) is 2. The summed E-state index contributed by atoms with van der Waals surface area (Å²) in [6.07, 6.45) is 4.70. The Morgan fingerprint density at radius 2 is 1.91 bits per heavy atom. The van der Waals surface area contributed by atoms with Gasteiger partial charge in [-0.25, -0.2) is 9.97 Å². The van der Waals surface area contributed by atoms with Crippen molar-refractivity contribution in [2.45, 2.75) is 45.6 Å². The lowest BCUT2D eigenvalue weighted by Crippen LogP contribution is -2.45. The van der Waals surface area contributed by atoms with E-state index in [0.29, 0.717) is 5.41 Å². The van der Waals surface area contributed by atoms with Crippen LogP contribution in [0.15, 0.2) is 16.9 Å². The number of carbonyl (C=O) groups excluding carboxylic acids is 1. The molecule has 2 saturated carbocycles. The van der Waals surface area contributed by atoms with Crippen LogP contribution in [0.1, 0.15) is 47.6 Å². The molecular weight excluding hydrogens is 294 g/mol. The topological polar surface area (TPSA) is 92.7 Å². The molecule has 7 heteroatoms. The predicted octanol–water partition coefficient (Wildman–Crippen LogP) is 1.24. The minimum atomic E-state index is -0.340. The quantitative estimate of drug-likeness (QED) is 0.892. The first-order valence-corrected chi connectivity index (χ1v) is 7.90. The fourth-order valence-electron chi connectivity index (χ4n) is 3.40. The first-order valence-electron chi connectivity index (χ1n) is 7.90. The Morgan fingerprint density at radius 3 is 2.52 bits per heavy atom. The van der Waals surface area contributed by atoms with E-state index in [4.69, 9.17) is 0 Å². The van der Waals surface area contributed by atoms with Crippen molar-refractivity contribution in [2.75, 3.05) is 0 Å². The van der Waals surface area contributed by atoms with Gasteiger partial charge in [-0.2, -0.15) is 4.68 Å². The van der Waals surface area contributed by atoms with Crippen LogP contribution < -0.4 is 10.9 Å². The fourth-order valence-corrected chi connectivity index (χ4v) is 3.40. The van der Waals surface area contributed by atoms with E-state index in [1.807, 2.05) is 19.9 Å². The van der Waals surface area contributed by atoms with Crippen LogP contribution in [0.5, 0.6) is 0 Å². The van der Waals surface area contributed by atoms with Gasteiger partial charge in [0.25, 0.3) is 17.4 Å². The van der Waals surface area contributed by atoms with Crippen LogP contribution >= 0.6 is 0 Å². The minimum Gasteiger partial charge on any atom is -0.348 e. The molecule has 0 aromatic carbocycles. The molecule has 0 radical (unpaired) electrons. The molecule has 0 unspecified atom stereocenters. The molecule has 2 aromatic rings. The lowest BCUT2D eigenvalue weighted by atomic mass is 9.77. The molecule has 0 bridgehead atoms. The highest BCUT2D eigenvalue weighted by molar-refractivity contribution is 5.92. The van der Waals surface area contributed by atoms with E-state index in [2.05, 4.69) is 20.4 Å². The molecule has 2 aliphatic carbocycles. The molecule has 1 amide bonds. The second kappa shape index (κ2) is 4.78. The SMILES string of the molecule is Cc1cc(C)nc(-n2[nH]c(C(=O)NC3CC4(CC4)C3)cc2=O)n1. The van der Waals surface area contributed by atoms with Crippen molar-refractivity contribution in [1.82, 2.24) is 25.1 Å². The highest BCUT2D eigenvalue weighted by Gasteiger charge is 2.53. The van der Waals surface area contributed by atoms with E-state index in [-0.39, 0.29) is 29.2 Å². The van der Waals surface area contributed by atoms with Gasteiger partial charge in [-0.15, -0.1) is 0 Å². The van der Waals surface area contributed by atoms with Gasteiger partial charge in [0.1, 0.15) is 5.69 Å². The largest absolute Gasteiger partial charge is 0.348 e. The van der Waals surface area contributed by atoms with Gasteiger partial charge in [0.2, 0.25) is 0 Å². The zero-order valence-corrected chi connectivity index (χ0v) is 13.2. The standard InChI is InChI=1S/C16H19N5O2/c1-9-5-10(2)18-15(17-9)21-13(22)6-12(20-21)14(23)19-11-7-16(8-11)3-4-16/h5-6,11,20H,3-4,7-8H2,1-2H3,(H,19,23). The third-order valence-corrected chi connectivity index (χ3v) is 4.79. The Labute approximate surface area is 133 Å². The lowest BCUT2D eigenvalue weighted by molar-refractivity contribution is 0.0872. The average Bonchev–Trinajstić information content (AvgIpc) is 3.12. The normalized spacial score (nSPS) is 18.7. The molecule has 120 valence electrons. The molecule has 2 N–H and O–H groups in total. The van der Waals surface area contributed by atoms with E-state index >= 15 is 0 Å². The molecule has 2 aromatic heterocycles. The fraction of sp³-hybridized carbons (Fsp3) is 0.500. The van der Waals surface area contributed by atoms with Crippen molar-refractivity contribution in [2.24, 2.45) is 5.41 Å². The summed E-state index contributed by atoms with van der Waals surface area (Å²) in [5.74, 6) is 0.0119. The van der Waals surface area contributed by atoms with Gasteiger partial charge in [0.05, 0.1) is 0 Å². The van der Waals surface area contributed by atoms with Crippen LogP contribution in [-0.2, 0) is 0 Å². The summed E-state index contributed by atoms with van der Waals surface area (Å²) in [5.41, 5.74) is 1.97. The first kappa shape index (κ1) is 14.2. The second-order valence-corrected chi connectivity index (χ2v) is 6.87. The first-order chi connectivity index (χ1) is 10.9. The zero-order valence-electron chi connectivity index (χ0n) is 13.2. The Hall–Kier alpha value is -2.44. The summed E-state index contributed by atoms with van der Waals surface area (Å²) < 4.78 is 1.21. The van der Waals surface area contributed by atoms with Gasteiger partial charge in [0.15, 0.2) is 0 Å². The lowest BCUT2D eigenvalue weighted by Gasteiger charge is -2.36. The number of hydrogen-bond acceptors (Lipinski definition) is 4. The van der Waals surface area contributed by atoms with Gasteiger partial charge in [-0.1, -0.05) is 0 Å². The Bertz CT molecular complexity index is 818. The molecule has 4 rings (SSSR count). The Kier molecular flexibility index (Phi) is 2.94. The van der Waals surface area contributed by atoms with Crippen molar-refractivity contribution < 1.29 is 4.79 Å². The number of aromatic amines is 1. The molecule has 0 atom stereocenters. The van der Waals surface area contributed by atoms with E-state index in [0.717, 1.165) is 24.2 Å². The van der Waals surface area contributed by atoms with Crippen molar-refractivity contribution in [3.63, 3.8) is 0 Å². The Balaban J connectivity index is 1.54. The summed E-state index contributed by atoms with van der Waals surface area (Å²) in [6.45, 7) is 3.67. The third-order valence-electron chi connectivity index (χ3n) is 4.79. The van der Waals surface area contributed by atoms with Gasteiger partial charge in [-0.3, -0.25) is 14.7 Å². The summed E-state index contributed by atoms with van der Waals surface area (Å²) in [5, 5.41) is 5.79. The van der Waals surface area contributed by atoms with Crippen LogP contribution in [0.3, 0.4) is 0 Å². The molecule has 2 aliphatic rings. The third kappa shape index (κ3) is 2.56. The van der Waals surface area contributed by atoms with E-state index < -0.39 is 0 Å². The van der Waals surface area contributed by atoms with Crippen molar-refractivity contribution in [1.29, 1.82) is 0 Å². The van der Waals surface area contributed by atoms with Crippen LogP contribution in [0.25, 0.3) is 5.95 Å². The maximum Gasteiger partial charge on any atom is 0.274 e. The van der Waals surface area contributed by atoms with Gasteiger partial charge >= 0.3 is 0 Å². The molecule has 23 heavy (non-hydrogen) atoms. The van der Waals surface area contributed by atoms with Gasteiger partial charge < -0.3 is 5.32 Å². The molecular formula is C16H19N5O2. The van der Waals surface area contributed by atoms with Crippen LogP contribution in [0, 0.1) is 19.3 Å². The predicted molar refractivity (Wildman–Crippen MR) is 83.6 cm³/mol. The van der Waals surface area contributed by atoms with Crippen LogP contribution in [0.4, 0.5) is 0 Å². The van der Waals surface area contributed by atoms with Crippen molar-refractivity contribution >= 4 is 5.91 Å². The minimum absolute atomic E-state index is 0.231. The van der Waals surface area contributed by atoms with E-state index in [9.17, 15) is 9.59 Å². The summed E-state index contributed by atoms with van der Waals surface area (Å²) >= 11 is 0. The summed E-state index contributed by atoms with van der Waals surface area (Å²) in [4.78, 5) is 32.9. The highest BCUT2D eigenvalue weighted by atomic mass is 16.2. The average molecular weight is 313 g/mol. The summed E-state index contributed by atoms with van der Waals surface area (Å²) in [7, 11) is 0. The number of amides is 1. The van der Waals surface area contributed by atoms with Gasteiger partial charge in [0, 0.05) is 23.5 Å². The van der Waals surface area contributed by atoms with Crippen LogP contribution in [0.2, 0.25) is 0 Å². The number of aryl methyl sites for hydroxylation is 2. The number of aromatic nitrogens is 4. The number of rotatable bonds is 3. The number of nitrogens with zero attached hydrogens (tertiary/aromatic N) is 3. The second-order valence-electron chi connectivity index (χ2n) is 6.87. The molecule has 0 aliphatic heterocycles. The number of H-pyrrole nitrogens is 1. The number of nitrogens with one attached hydrogen (secondary N) is 2.